The van der Waals surface area contributed by atoms with E-state index in [1.807, 2.05) is 49.4 Å². The Hall–Kier alpha value is -2.36. The number of amides is 1. The number of carbonyl (C=O) groups is 2. The molecule has 2 rings (SSSR count). The van der Waals surface area contributed by atoms with E-state index in [9.17, 15) is 14.7 Å². The van der Waals surface area contributed by atoms with Crippen molar-refractivity contribution < 1.29 is 14.7 Å². The summed E-state index contributed by atoms with van der Waals surface area (Å²) in [6, 6.07) is 13.8. The molecule has 0 spiro atoms. The molecule has 0 aliphatic heterocycles. The molecule has 1 unspecified atom stereocenters. The van der Waals surface area contributed by atoms with Crippen LogP contribution >= 0.6 is 0 Å². The van der Waals surface area contributed by atoms with Crippen molar-refractivity contribution in [2.24, 2.45) is 5.92 Å². The SMILES string of the molecule is CCCC(=O)NCC(Cc1cccc2ccccc12)C(=O)O. The first-order valence-electron chi connectivity index (χ1n) is 7.58. The highest BCUT2D eigenvalue weighted by atomic mass is 16.4. The Morgan fingerprint density at radius 2 is 1.86 bits per heavy atom. The zero-order valence-corrected chi connectivity index (χ0v) is 12.7. The molecule has 116 valence electrons. The smallest absolute Gasteiger partial charge is 0.308 e. The summed E-state index contributed by atoms with van der Waals surface area (Å²) in [7, 11) is 0. The quantitative estimate of drug-likeness (QED) is 0.826. The molecule has 4 heteroatoms. The van der Waals surface area contributed by atoms with E-state index in [0.29, 0.717) is 12.8 Å². The lowest BCUT2D eigenvalue weighted by atomic mass is 9.95. The Labute approximate surface area is 130 Å². The third kappa shape index (κ3) is 4.07. The zero-order chi connectivity index (χ0) is 15.9. The number of carboxylic acids is 1. The van der Waals surface area contributed by atoms with Crippen LogP contribution in [0, 0.1) is 5.92 Å². The van der Waals surface area contributed by atoms with Crippen LogP contribution in [0.2, 0.25) is 0 Å². The Balaban J connectivity index is 2.13. The summed E-state index contributed by atoms with van der Waals surface area (Å²) < 4.78 is 0. The number of rotatable bonds is 7. The second-order valence-electron chi connectivity index (χ2n) is 5.43. The van der Waals surface area contributed by atoms with Crippen molar-refractivity contribution in [2.45, 2.75) is 26.2 Å². The minimum atomic E-state index is -0.885. The summed E-state index contributed by atoms with van der Waals surface area (Å²) in [5.74, 6) is -1.59. The molecule has 4 nitrogen and oxygen atoms in total. The average Bonchev–Trinajstić information content (AvgIpc) is 2.51. The Kier molecular flexibility index (Phi) is 5.53. The maximum absolute atomic E-state index is 11.5. The van der Waals surface area contributed by atoms with Crippen molar-refractivity contribution >= 4 is 22.6 Å². The Morgan fingerprint density at radius 1 is 1.14 bits per heavy atom. The lowest BCUT2D eigenvalue weighted by Gasteiger charge is -2.15. The summed E-state index contributed by atoms with van der Waals surface area (Å²) in [6.45, 7) is 2.09. The molecule has 1 atom stereocenters. The van der Waals surface area contributed by atoms with Crippen molar-refractivity contribution in [3.8, 4) is 0 Å². The average molecular weight is 299 g/mol. The van der Waals surface area contributed by atoms with Crippen LogP contribution in [0.3, 0.4) is 0 Å². The van der Waals surface area contributed by atoms with Crippen molar-refractivity contribution in [3.63, 3.8) is 0 Å². The minimum Gasteiger partial charge on any atom is -0.481 e. The normalized spacial score (nSPS) is 12.0. The van der Waals surface area contributed by atoms with Crippen LogP contribution in [0.4, 0.5) is 0 Å². The molecule has 0 aliphatic rings. The van der Waals surface area contributed by atoms with Crippen molar-refractivity contribution in [1.29, 1.82) is 0 Å². The van der Waals surface area contributed by atoms with E-state index in [1.54, 1.807) is 0 Å². The number of nitrogens with one attached hydrogen (secondary N) is 1. The first-order chi connectivity index (χ1) is 10.6. The molecule has 0 bridgehead atoms. The molecule has 0 saturated heterocycles. The van der Waals surface area contributed by atoms with Gasteiger partial charge in [-0.25, -0.2) is 0 Å². The summed E-state index contributed by atoms with van der Waals surface area (Å²) in [4.78, 5) is 23.0. The molecule has 0 radical (unpaired) electrons. The van der Waals surface area contributed by atoms with Gasteiger partial charge in [-0.15, -0.1) is 0 Å². The lowest BCUT2D eigenvalue weighted by Crippen LogP contribution is -2.33. The van der Waals surface area contributed by atoms with Crippen LogP contribution in [-0.2, 0) is 16.0 Å². The highest BCUT2D eigenvalue weighted by molar-refractivity contribution is 5.86. The topological polar surface area (TPSA) is 66.4 Å². The van der Waals surface area contributed by atoms with Gasteiger partial charge in [-0.05, 0) is 29.2 Å². The van der Waals surface area contributed by atoms with Crippen LogP contribution < -0.4 is 5.32 Å². The standard InChI is InChI=1S/C18H21NO3/c1-2-6-17(20)19-12-15(18(21)22)11-14-9-5-8-13-7-3-4-10-16(13)14/h3-5,7-10,15H,2,6,11-12H2,1H3,(H,19,20)(H,21,22). The highest BCUT2D eigenvalue weighted by Gasteiger charge is 2.19. The largest absolute Gasteiger partial charge is 0.481 e. The van der Waals surface area contributed by atoms with Gasteiger partial charge in [0.1, 0.15) is 0 Å². The predicted molar refractivity (Wildman–Crippen MR) is 86.7 cm³/mol. The zero-order valence-electron chi connectivity index (χ0n) is 12.7. The van der Waals surface area contributed by atoms with Gasteiger partial charge in [0, 0.05) is 13.0 Å². The third-order valence-electron chi connectivity index (χ3n) is 3.72. The van der Waals surface area contributed by atoms with Crippen LogP contribution in [0.5, 0.6) is 0 Å². The molecule has 2 N–H and O–H groups in total. The number of carboxylic acid groups (broad SMARTS) is 1. The summed E-state index contributed by atoms with van der Waals surface area (Å²) in [5, 5.41) is 14.3. The first kappa shape index (κ1) is 16.0. The van der Waals surface area contributed by atoms with Gasteiger partial charge in [0.25, 0.3) is 0 Å². The molecule has 0 fully saturated rings. The maximum atomic E-state index is 11.5. The van der Waals surface area contributed by atoms with Crippen LogP contribution in [0.15, 0.2) is 42.5 Å². The van der Waals surface area contributed by atoms with Crippen LogP contribution in [-0.4, -0.2) is 23.5 Å². The van der Waals surface area contributed by atoms with E-state index in [2.05, 4.69) is 5.32 Å². The van der Waals surface area contributed by atoms with Crippen LogP contribution in [0.1, 0.15) is 25.3 Å². The number of hydrogen-bond donors (Lipinski definition) is 2. The van der Waals surface area contributed by atoms with Gasteiger partial charge in [0.05, 0.1) is 5.92 Å². The number of carbonyl (C=O) groups excluding carboxylic acids is 1. The van der Waals surface area contributed by atoms with Gasteiger partial charge >= 0.3 is 5.97 Å². The van der Waals surface area contributed by atoms with E-state index in [4.69, 9.17) is 0 Å². The predicted octanol–water partition coefficient (Wildman–Crippen LogP) is 3.00. The number of benzene rings is 2. The van der Waals surface area contributed by atoms with Gasteiger partial charge in [-0.1, -0.05) is 49.4 Å². The molecular formula is C18H21NO3. The first-order valence-corrected chi connectivity index (χ1v) is 7.58. The fraction of sp³-hybridized carbons (Fsp3) is 0.333. The molecule has 0 aromatic heterocycles. The molecule has 2 aromatic rings. The molecular weight excluding hydrogens is 278 g/mol. The summed E-state index contributed by atoms with van der Waals surface area (Å²) in [5.41, 5.74) is 0.996. The highest BCUT2D eigenvalue weighted by Crippen LogP contribution is 2.21. The van der Waals surface area contributed by atoms with Gasteiger partial charge in [0.15, 0.2) is 0 Å². The Morgan fingerprint density at radius 3 is 2.59 bits per heavy atom. The number of aliphatic carboxylic acids is 1. The van der Waals surface area contributed by atoms with E-state index in [1.165, 1.54) is 0 Å². The van der Waals surface area contributed by atoms with E-state index >= 15 is 0 Å². The van der Waals surface area contributed by atoms with E-state index < -0.39 is 11.9 Å². The van der Waals surface area contributed by atoms with Crippen molar-refractivity contribution in [2.75, 3.05) is 6.54 Å². The molecule has 1 amide bonds. The van der Waals surface area contributed by atoms with E-state index in [-0.39, 0.29) is 12.5 Å². The molecule has 0 aliphatic carbocycles. The fourth-order valence-electron chi connectivity index (χ4n) is 2.54. The van der Waals surface area contributed by atoms with Gasteiger partial charge in [0.2, 0.25) is 5.91 Å². The summed E-state index contributed by atoms with van der Waals surface area (Å²) in [6.07, 6.45) is 1.59. The molecule has 0 heterocycles. The van der Waals surface area contributed by atoms with Gasteiger partial charge in [-0.3, -0.25) is 9.59 Å². The van der Waals surface area contributed by atoms with Crippen LogP contribution in [0.25, 0.3) is 10.8 Å². The van der Waals surface area contributed by atoms with Gasteiger partial charge in [-0.2, -0.15) is 0 Å². The second kappa shape index (κ2) is 7.59. The van der Waals surface area contributed by atoms with Gasteiger partial charge < -0.3 is 10.4 Å². The third-order valence-corrected chi connectivity index (χ3v) is 3.72. The number of fused-ring (bicyclic) bond motifs is 1. The van der Waals surface area contributed by atoms with Crippen molar-refractivity contribution in [3.05, 3.63) is 48.0 Å². The van der Waals surface area contributed by atoms with Crippen molar-refractivity contribution in [1.82, 2.24) is 5.32 Å². The second-order valence-corrected chi connectivity index (χ2v) is 5.43. The lowest BCUT2D eigenvalue weighted by molar-refractivity contribution is -0.141. The summed E-state index contributed by atoms with van der Waals surface area (Å²) >= 11 is 0. The molecule has 22 heavy (non-hydrogen) atoms. The molecule has 0 saturated carbocycles. The maximum Gasteiger partial charge on any atom is 0.308 e. The minimum absolute atomic E-state index is 0.0910. The monoisotopic (exact) mass is 299 g/mol. The fourth-order valence-corrected chi connectivity index (χ4v) is 2.54. The Bertz CT molecular complexity index is 661. The molecule has 2 aromatic carbocycles. The number of hydrogen-bond acceptors (Lipinski definition) is 2. The van der Waals surface area contributed by atoms with E-state index in [0.717, 1.165) is 22.8 Å².